The van der Waals surface area contributed by atoms with Gasteiger partial charge in [0.15, 0.2) is 0 Å². The van der Waals surface area contributed by atoms with Crippen molar-refractivity contribution in [3.8, 4) is 17.2 Å². The number of ether oxygens (including phenoxy) is 2. The first-order valence-electron chi connectivity index (χ1n) is 11.1. The minimum atomic E-state index is -0.631. The molecule has 2 aliphatic rings. The summed E-state index contributed by atoms with van der Waals surface area (Å²) in [6.45, 7) is 6.52. The molecule has 0 fully saturated rings. The number of anilines is 2. The molecule has 168 valence electrons. The van der Waals surface area contributed by atoms with Gasteiger partial charge < -0.3 is 19.7 Å². The molecule has 0 aliphatic carbocycles. The molecule has 2 aliphatic heterocycles. The number of carbonyl (C=O) groups is 2. The van der Waals surface area contributed by atoms with Crippen LogP contribution in [0.5, 0.6) is 17.2 Å². The highest BCUT2D eigenvalue weighted by Gasteiger charge is 2.37. The summed E-state index contributed by atoms with van der Waals surface area (Å²) in [6, 6.07) is 20.6. The van der Waals surface area contributed by atoms with Crippen molar-refractivity contribution in [1.29, 1.82) is 0 Å². The fourth-order valence-corrected chi connectivity index (χ4v) is 4.45. The number of hydrogen-bond acceptors (Lipinski definition) is 4. The lowest BCUT2D eigenvalue weighted by atomic mass is 9.87. The average Bonchev–Trinajstić information content (AvgIpc) is 2.91. The molecule has 3 aromatic rings. The standard InChI is InChI=1S/C27H26N2O4/c1-4-29-20-14-13-17(15-23(20)32-16-27(2,3)26(29)31)28-25(30)24-18-9-5-7-11-21(18)33-22-12-8-6-10-19(22)24/h5-15,24H,4,16H2,1-3H3,(H,28,30). The van der Waals surface area contributed by atoms with Gasteiger partial charge in [-0.05, 0) is 45.0 Å². The van der Waals surface area contributed by atoms with Crippen LogP contribution >= 0.6 is 0 Å². The van der Waals surface area contributed by atoms with Crippen LogP contribution < -0.4 is 19.7 Å². The van der Waals surface area contributed by atoms with E-state index >= 15 is 0 Å². The minimum Gasteiger partial charge on any atom is -0.490 e. The number of hydrogen-bond donors (Lipinski definition) is 1. The van der Waals surface area contributed by atoms with Gasteiger partial charge in [0.2, 0.25) is 11.8 Å². The van der Waals surface area contributed by atoms with Crippen LogP contribution in [0.4, 0.5) is 11.4 Å². The molecule has 0 spiro atoms. The Morgan fingerprint density at radius 3 is 2.27 bits per heavy atom. The van der Waals surface area contributed by atoms with Crippen LogP contribution in [0.3, 0.4) is 0 Å². The van der Waals surface area contributed by atoms with Crippen LogP contribution in [0.15, 0.2) is 66.7 Å². The highest BCUT2D eigenvalue weighted by atomic mass is 16.5. The molecule has 1 N–H and O–H groups in total. The molecule has 3 aromatic carbocycles. The van der Waals surface area contributed by atoms with Crippen molar-refractivity contribution in [1.82, 2.24) is 0 Å². The largest absolute Gasteiger partial charge is 0.490 e. The van der Waals surface area contributed by atoms with Crippen molar-refractivity contribution in [2.75, 3.05) is 23.4 Å². The molecule has 0 saturated carbocycles. The highest BCUT2D eigenvalue weighted by molar-refractivity contribution is 6.02. The maximum Gasteiger partial charge on any atom is 0.236 e. The quantitative estimate of drug-likeness (QED) is 0.595. The summed E-state index contributed by atoms with van der Waals surface area (Å²) in [5, 5.41) is 3.05. The average molecular weight is 443 g/mol. The zero-order chi connectivity index (χ0) is 23.2. The smallest absolute Gasteiger partial charge is 0.236 e. The minimum absolute atomic E-state index is 0.0240. The molecule has 0 aromatic heterocycles. The van der Waals surface area contributed by atoms with Gasteiger partial charge in [0.05, 0.1) is 17.0 Å². The second-order valence-electron chi connectivity index (χ2n) is 9.00. The predicted octanol–water partition coefficient (Wildman–Crippen LogP) is 5.33. The second-order valence-corrected chi connectivity index (χ2v) is 9.00. The van der Waals surface area contributed by atoms with E-state index in [2.05, 4.69) is 5.32 Å². The molecule has 0 atom stereocenters. The van der Waals surface area contributed by atoms with Gasteiger partial charge in [0.25, 0.3) is 0 Å². The normalized spacial score (nSPS) is 16.5. The van der Waals surface area contributed by atoms with Crippen LogP contribution in [0.2, 0.25) is 0 Å². The number of benzene rings is 3. The van der Waals surface area contributed by atoms with E-state index < -0.39 is 11.3 Å². The molecule has 33 heavy (non-hydrogen) atoms. The molecular weight excluding hydrogens is 416 g/mol. The third kappa shape index (κ3) is 3.61. The van der Waals surface area contributed by atoms with E-state index in [-0.39, 0.29) is 18.4 Å². The van der Waals surface area contributed by atoms with Crippen molar-refractivity contribution >= 4 is 23.2 Å². The zero-order valence-corrected chi connectivity index (χ0v) is 18.9. The molecule has 0 unspecified atom stereocenters. The number of nitrogens with one attached hydrogen (secondary N) is 1. The summed E-state index contributed by atoms with van der Waals surface area (Å²) in [4.78, 5) is 28.2. The van der Waals surface area contributed by atoms with Gasteiger partial charge in [-0.3, -0.25) is 9.59 Å². The van der Waals surface area contributed by atoms with Crippen molar-refractivity contribution in [2.24, 2.45) is 5.41 Å². The van der Waals surface area contributed by atoms with E-state index in [0.29, 0.717) is 35.2 Å². The molecular formula is C27H26N2O4. The van der Waals surface area contributed by atoms with Gasteiger partial charge >= 0.3 is 0 Å². The van der Waals surface area contributed by atoms with Crippen LogP contribution in [0, 0.1) is 5.41 Å². The van der Waals surface area contributed by atoms with Gasteiger partial charge in [-0.2, -0.15) is 0 Å². The fraction of sp³-hybridized carbons (Fsp3) is 0.259. The van der Waals surface area contributed by atoms with Gasteiger partial charge in [-0.1, -0.05) is 36.4 Å². The van der Waals surface area contributed by atoms with Gasteiger partial charge in [0, 0.05) is 29.4 Å². The summed E-state index contributed by atoms with van der Waals surface area (Å²) in [5.74, 6) is 1.31. The third-order valence-corrected chi connectivity index (χ3v) is 6.19. The topological polar surface area (TPSA) is 67.9 Å². The first kappa shape index (κ1) is 21.1. The molecule has 0 bridgehead atoms. The van der Waals surface area contributed by atoms with E-state index in [9.17, 15) is 9.59 Å². The first-order chi connectivity index (χ1) is 15.9. The lowest BCUT2D eigenvalue weighted by Gasteiger charge is -2.28. The number of amides is 2. The summed E-state index contributed by atoms with van der Waals surface area (Å²) in [6.07, 6.45) is 0. The Kier molecular flexibility index (Phi) is 5.08. The first-order valence-corrected chi connectivity index (χ1v) is 11.1. The van der Waals surface area contributed by atoms with Crippen molar-refractivity contribution in [3.05, 3.63) is 77.9 Å². The predicted molar refractivity (Wildman–Crippen MR) is 127 cm³/mol. The molecule has 0 saturated heterocycles. The maximum atomic E-state index is 13.5. The summed E-state index contributed by atoms with van der Waals surface area (Å²) < 4.78 is 12.0. The van der Waals surface area contributed by atoms with E-state index in [1.807, 2.05) is 81.4 Å². The maximum absolute atomic E-state index is 13.5. The zero-order valence-electron chi connectivity index (χ0n) is 18.9. The summed E-state index contributed by atoms with van der Waals surface area (Å²) in [5.41, 5.74) is 2.35. The Labute approximate surface area is 193 Å². The van der Waals surface area contributed by atoms with Gasteiger partial charge in [0.1, 0.15) is 23.9 Å². The van der Waals surface area contributed by atoms with Gasteiger partial charge in [-0.15, -0.1) is 0 Å². The van der Waals surface area contributed by atoms with Crippen LogP contribution in [0.25, 0.3) is 0 Å². The lowest BCUT2D eigenvalue weighted by Crippen LogP contribution is -2.42. The van der Waals surface area contributed by atoms with E-state index in [1.54, 1.807) is 11.0 Å². The molecule has 2 heterocycles. The summed E-state index contributed by atoms with van der Waals surface area (Å²) >= 11 is 0. The number of fused-ring (bicyclic) bond motifs is 3. The number of nitrogens with zero attached hydrogens (tertiary/aromatic N) is 1. The van der Waals surface area contributed by atoms with Gasteiger partial charge in [-0.25, -0.2) is 0 Å². The van der Waals surface area contributed by atoms with Crippen LogP contribution in [-0.4, -0.2) is 25.0 Å². The monoisotopic (exact) mass is 442 g/mol. The Bertz CT molecular complexity index is 1200. The molecule has 6 nitrogen and oxygen atoms in total. The van der Waals surface area contributed by atoms with Crippen molar-refractivity contribution in [2.45, 2.75) is 26.7 Å². The molecule has 2 amide bonds. The number of para-hydroxylation sites is 2. The number of carbonyl (C=O) groups excluding carboxylic acids is 2. The van der Waals surface area contributed by atoms with Crippen molar-refractivity contribution < 1.29 is 19.1 Å². The van der Waals surface area contributed by atoms with Crippen LogP contribution in [-0.2, 0) is 9.59 Å². The fourth-order valence-electron chi connectivity index (χ4n) is 4.45. The van der Waals surface area contributed by atoms with E-state index in [4.69, 9.17) is 9.47 Å². The summed E-state index contributed by atoms with van der Waals surface area (Å²) in [7, 11) is 0. The highest BCUT2D eigenvalue weighted by Crippen LogP contribution is 2.45. The molecule has 5 rings (SSSR count). The molecule has 0 radical (unpaired) electrons. The van der Waals surface area contributed by atoms with E-state index in [1.165, 1.54) is 0 Å². The van der Waals surface area contributed by atoms with Crippen molar-refractivity contribution in [3.63, 3.8) is 0 Å². The third-order valence-electron chi connectivity index (χ3n) is 6.19. The Morgan fingerprint density at radius 2 is 1.64 bits per heavy atom. The molecule has 6 heteroatoms. The number of rotatable bonds is 3. The SMILES string of the molecule is CCN1C(=O)C(C)(C)COc2cc(NC(=O)C3c4ccccc4Oc4ccccc43)ccc21. The lowest BCUT2D eigenvalue weighted by molar-refractivity contribution is -0.127. The Hall–Kier alpha value is -3.80. The Balaban J connectivity index is 1.48. The second kappa shape index (κ2) is 7.96. The Morgan fingerprint density at radius 1 is 1.00 bits per heavy atom. The van der Waals surface area contributed by atoms with Crippen LogP contribution in [0.1, 0.15) is 37.8 Å². The van der Waals surface area contributed by atoms with E-state index in [0.717, 1.165) is 11.1 Å².